The zero-order valence-electron chi connectivity index (χ0n) is 8.96. The van der Waals surface area contributed by atoms with Gasteiger partial charge in [0.05, 0.1) is 14.4 Å². The van der Waals surface area contributed by atoms with Crippen LogP contribution in [0.5, 0.6) is 0 Å². The number of amides is 1. The van der Waals surface area contributed by atoms with Crippen LogP contribution in [0.15, 0.2) is 34.1 Å². The molecule has 0 saturated carbocycles. The number of carbonyl (C=O) groups is 1. The first-order valence-corrected chi connectivity index (χ1v) is 6.50. The first-order chi connectivity index (χ1) is 8.08. The summed E-state index contributed by atoms with van der Waals surface area (Å²) >= 11 is 4.68. The molecule has 1 heterocycles. The minimum atomic E-state index is -0.437. The van der Waals surface area contributed by atoms with E-state index in [9.17, 15) is 9.18 Å². The van der Waals surface area contributed by atoms with Crippen LogP contribution in [0.4, 0.5) is 10.1 Å². The highest BCUT2D eigenvalue weighted by Gasteiger charge is 2.12. The smallest absolute Gasteiger partial charge is 0.265 e. The van der Waals surface area contributed by atoms with E-state index in [1.807, 2.05) is 6.92 Å². The Balaban J connectivity index is 2.20. The van der Waals surface area contributed by atoms with Crippen LogP contribution in [-0.4, -0.2) is 5.91 Å². The largest absolute Gasteiger partial charge is 0.319 e. The molecule has 1 aromatic carbocycles. The second-order valence-electron chi connectivity index (χ2n) is 3.50. The monoisotopic (exact) mass is 313 g/mol. The third-order valence-electron chi connectivity index (χ3n) is 2.20. The van der Waals surface area contributed by atoms with Gasteiger partial charge in [0.2, 0.25) is 0 Å². The molecule has 0 unspecified atom stereocenters. The van der Waals surface area contributed by atoms with Gasteiger partial charge in [-0.1, -0.05) is 12.1 Å². The highest BCUT2D eigenvalue weighted by Crippen LogP contribution is 2.28. The van der Waals surface area contributed by atoms with E-state index < -0.39 is 5.82 Å². The van der Waals surface area contributed by atoms with Gasteiger partial charge in [0.25, 0.3) is 5.91 Å². The molecule has 88 valence electrons. The molecule has 2 nitrogen and oxygen atoms in total. The average molecular weight is 314 g/mol. The van der Waals surface area contributed by atoms with Gasteiger partial charge in [-0.25, -0.2) is 4.39 Å². The summed E-state index contributed by atoms with van der Waals surface area (Å²) in [5.74, 6) is -0.734. The van der Waals surface area contributed by atoms with Crippen LogP contribution in [0.3, 0.4) is 0 Å². The maximum atomic E-state index is 13.3. The number of para-hydroxylation sites is 1. The van der Waals surface area contributed by atoms with Gasteiger partial charge in [-0.2, -0.15) is 0 Å². The second kappa shape index (κ2) is 4.98. The van der Waals surface area contributed by atoms with Crippen LogP contribution < -0.4 is 5.32 Å². The lowest BCUT2D eigenvalue weighted by atomic mass is 10.3. The Morgan fingerprint density at radius 3 is 2.71 bits per heavy atom. The number of carbonyl (C=O) groups excluding carboxylic acids is 1. The summed E-state index contributed by atoms with van der Waals surface area (Å²) < 4.78 is 14.2. The van der Waals surface area contributed by atoms with Gasteiger partial charge in [-0.15, -0.1) is 11.3 Å². The Bertz CT molecular complexity index is 548. The maximum absolute atomic E-state index is 13.3. The van der Waals surface area contributed by atoms with E-state index in [1.54, 1.807) is 18.2 Å². The van der Waals surface area contributed by atoms with Crippen molar-refractivity contribution in [3.05, 3.63) is 50.4 Å². The Morgan fingerprint density at radius 1 is 1.41 bits per heavy atom. The molecule has 0 radical (unpaired) electrons. The van der Waals surface area contributed by atoms with Crippen LogP contribution in [0.1, 0.15) is 15.2 Å². The summed E-state index contributed by atoms with van der Waals surface area (Å²) in [4.78, 5) is 12.4. The van der Waals surface area contributed by atoms with E-state index >= 15 is 0 Å². The highest BCUT2D eigenvalue weighted by atomic mass is 79.9. The summed E-state index contributed by atoms with van der Waals surface area (Å²) in [5, 5.41) is 2.54. The zero-order chi connectivity index (χ0) is 12.4. The van der Waals surface area contributed by atoms with Crippen molar-refractivity contribution in [2.75, 3.05) is 5.32 Å². The summed E-state index contributed by atoms with van der Waals surface area (Å²) in [6.07, 6.45) is 0. The van der Waals surface area contributed by atoms with Gasteiger partial charge in [0, 0.05) is 0 Å². The SMILES string of the molecule is Cc1cc(C(=O)Nc2ccccc2F)sc1Br. The Hall–Kier alpha value is -1.20. The molecule has 5 heteroatoms. The number of rotatable bonds is 2. The Labute approximate surface area is 111 Å². The molecular weight excluding hydrogens is 305 g/mol. The quantitative estimate of drug-likeness (QED) is 0.884. The van der Waals surface area contributed by atoms with E-state index in [2.05, 4.69) is 21.2 Å². The maximum Gasteiger partial charge on any atom is 0.265 e. The fourth-order valence-corrected chi connectivity index (χ4v) is 2.75. The Kier molecular flexibility index (Phi) is 3.59. The summed E-state index contributed by atoms with van der Waals surface area (Å²) in [5.41, 5.74) is 1.19. The molecule has 0 fully saturated rings. The number of hydrogen-bond acceptors (Lipinski definition) is 2. The number of halogens is 2. The number of hydrogen-bond donors (Lipinski definition) is 1. The number of anilines is 1. The summed E-state index contributed by atoms with van der Waals surface area (Å²) in [6.45, 7) is 1.90. The van der Waals surface area contributed by atoms with E-state index in [-0.39, 0.29) is 11.6 Å². The molecule has 2 rings (SSSR count). The van der Waals surface area contributed by atoms with E-state index in [0.717, 1.165) is 9.35 Å². The topological polar surface area (TPSA) is 29.1 Å². The second-order valence-corrected chi connectivity index (χ2v) is 5.87. The molecule has 1 N–H and O–H groups in total. The van der Waals surface area contributed by atoms with Crippen molar-refractivity contribution in [3.63, 3.8) is 0 Å². The predicted octanol–water partition coefficient (Wildman–Crippen LogP) is 4.21. The van der Waals surface area contributed by atoms with Gasteiger partial charge in [0.1, 0.15) is 5.82 Å². The number of thiophene rings is 1. The van der Waals surface area contributed by atoms with Gasteiger partial charge in [0.15, 0.2) is 0 Å². The summed E-state index contributed by atoms with van der Waals surface area (Å²) in [6, 6.07) is 7.87. The number of aryl methyl sites for hydroxylation is 1. The van der Waals surface area contributed by atoms with Crippen molar-refractivity contribution < 1.29 is 9.18 Å². The third-order valence-corrected chi connectivity index (χ3v) is 4.34. The standard InChI is InChI=1S/C12H9BrFNOS/c1-7-6-10(17-11(7)13)12(16)15-9-5-3-2-4-8(9)14/h2-6H,1H3,(H,15,16). The molecule has 0 saturated heterocycles. The normalized spacial score (nSPS) is 10.3. The van der Waals surface area contributed by atoms with Crippen molar-refractivity contribution >= 4 is 38.9 Å². The van der Waals surface area contributed by atoms with Crippen molar-refractivity contribution in [2.24, 2.45) is 0 Å². The molecule has 0 aliphatic heterocycles. The van der Waals surface area contributed by atoms with Crippen molar-refractivity contribution in [1.82, 2.24) is 0 Å². The first-order valence-electron chi connectivity index (χ1n) is 4.90. The fraction of sp³-hybridized carbons (Fsp3) is 0.0833. The van der Waals surface area contributed by atoms with E-state index in [4.69, 9.17) is 0 Å². The molecule has 17 heavy (non-hydrogen) atoms. The molecule has 0 bridgehead atoms. The minimum Gasteiger partial charge on any atom is -0.319 e. The minimum absolute atomic E-state index is 0.194. The van der Waals surface area contributed by atoms with Gasteiger partial charge < -0.3 is 5.32 Å². The average Bonchev–Trinajstić information content (AvgIpc) is 2.63. The van der Waals surface area contributed by atoms with Gasteiger partial charge >= 0.3 is 0 Å². The number of benzene rings is 1. The van der Waals surface area contributed by atoms with Crippen LogP contribution in [-0.2, 0) is 0 Å². The van der Waals surface area contributed by atoms with Crippen molar-refractivity contribution in [3.8, 4) is 0 Å². The molecular formula is C12H9BrFNOS. The molecule has 0 aliphatic carbocycles. The Morgan fingerprint density at radius 2 is 2.12 bits per heavy atom. The van der Waals surface area contributed by atoms with E-state index in [0.29, 0.717) is 4.88 Å². The van der Waals surface area contributed by atoms with Crippen molar-refractivity contribution in [1.29, 1.82) is 0 Å². The lowest BCUT2D eigenvalue weighted by molar-refractivity contribution is 0.103. The lowest BCUT2D eigenvalue weighted by Crippen LogP contribution is -2.11. The van der Waals surface area contributed by atoms with Gasteiger partial charge in [-0.3, -0.25) is 4.79 Å². The lowest BCUT2D eigenvalue weighted by Gasteiger charge is -2.03. The van der Waals surface area contributed by atoms with Gasteiger partial charge in [-0.05, 0) is 46.6 Å². The molecule has 0 atom stereocenters. The molecule has 1 aromatic heterocycles. The molecule has 2 aromatic rings. The molecule has 0 aliphatic rings. The van der Waals surface area contributed by atoms with Crippen LogP contribution >= 0.6 is 27.3 Å². The summed E-state index contributed by atoms with van der Waals surface area (Å²) in [7, 11) is 0. The number of nitrogens with one attached hydrogen (secondary N) is 1. The van der Waals surface area contributed by atoms with Crippen molar-refractivity contribution in [2.45, 2.75) is 6.92 Å². The van der Waals surface area contributed by atoms with Crippen LogP contribution in [0.25, 0.3) is 0 Å². The predicted molar refractivity (Wildman–Crippen MR) is 71.1 cm³/mol. The molecule has 0 spiro atoms. The van der Waals surface area contributed by atoms with Crippen LogP contribution in [0, 0.1) is 12.7 Å². The van der Waals surface area contributed by atoms with Crippen LogP contribution in [0.2, 0.25) is 0 Å². The molecule has 1 amide bonds. The fourth-order valence-electron chi connectivity index (χ4n) is 1.32. The van der Waals surface area contributed by atoms with E-state index in [1.165, 1.54) is 23.5 Å². The highest BCUT2D eigenvalue weighted by molar-refractivity contribution is 9.11. The first kappa shape index (κ1) is 12.3. The zero-order valence-corrected chi connectivity index (χ0v) is 11.4. The third kappa shape index (κ3) is 2.73.